The second-order valence-corrected chi connectivity index (χ2v) is 15.2. The van der Waals surface area contributed by atoms with Gasteiger partial charge < -0.3 is 55.3 Å². The van der Waals surface area contributed by atoms with Gasteiger partial charge in [0.25, 0.3) is 0 Å². The molecule has 2 aliphatic heterocycles. The Labute approximate surface area is 295 Å². The zero-order valence-electron chi connectivity index (χ0n) is 30.2. The number of nitrogens with one attached hydrogen (secondary N) is 2. The molecule has 1 aromatic carbocycles. The summed E-state index contributed by atoms with van der Waals surface area (Å²) in [5.74, 6) is -3.01. The Bertz CT molecular complexity index is 1240. The fourth-order valence-electron chi connectivity index (χ4n) is 7.13. The Morgan fingerprint density at radius 1 is 1.08 bits per heavy atom. The average Bonchev–Trinajstić information content (AvgIpc) is 3.04. The van der Waals surface area contributed by atoms with Crippen LogP contribution in [0.2, 0.25) is 5.02 Å². The Morgan fingerprint density at radius 3 is 2.29 bits per heavy atom. The van der Waals surface area contributed by atoms with Crippen LogP contribution in [-0.4, -0.2) is 122 Å². The van der Waals surface area contributed by atoms with Crippen LogP contribution >= 0.6 is 11.6 Å². The number of urea groups is 1. The second kappa shape index (κ2) is 17.0. The number of carbonyl (C=O) groups excluding carboxylic acids is 2. The van der Waals surface area contributed by atoms with Crippen molar-refractivity contribution in [3.05, 3.63) is 29.3 Å². The largest absolute Gasteiger partial charge is 0.459 e. The summed E-state index contributed by atoms with van der Waals surface area (Å²) < 4.78 is 18.2. The molecule has 14 atom stereocenters. The number of hydrogen-bond donors (Lipinski definition) is 7. The summed E-state index contributed by atoms with van der Waals surface area (Å²) in [6.07, 6.45) is -7.38. The van der Waals surface area contributed by atoms with Gasteiger partial charge in [0.15, 0.2) is 6.29 Å². The second-order valence-electron chi connectivity index (χ2n) is 14.7. The van der Waals surface area contributed by atoms with E-state index in [2.05, 4.69) is 10.6 Å². The van der Waals surface area contributed by atoms with Gasteiger partial charge in [-0.3, -0.25) is 4.79 Å². The summed E-state index contributed by atoms with van der Waals surface area (Å²) >= 11 is 5.97. The molecule has 2 saturated heterocycles. The standard InChI is InChI=1S/C35H58ClN3O10/c1-10-26-35(8,46)29(42)22(6)37-17-18(2)16-34(7,45)30(20(4)27(40)21(5)31(43)48-26)49-32-28(41)25(15-19(3)47-32)39(9)33(44)38-24-13-11-23(36)12-14-24/h11-14,18-22,25-30,32,37,40-42,45-46H,10,15-17H2,1-9H3,(H,38,44)/t18-,19-,20+,21-,22-,25+,26-,27+,28-,29-,30-,32+,34-,35-/m1/s1. The maximum Gasteiger partial charge on any atom is 0.321 e. The molecule has 2 fully saturated rings. The van der Waals surface area contributed by atoms with Crippen LogP contribution in [0.1, 0.15) is 74.7 Å². The molecule has 0 saturated carbocycles. The van der Waals surface area contributed by atoms with Gasteiger partial charge in [-0.25, -0.2) is 4.79 Å². The fraction of sp³-hybridized carbons (Fsp3) is 0.771. The van der Waals surface area contributed by atoms with Gasteiger partial charge in [0, 0.05) is 29.7 Å². The van der Waals surface area contributed by atoms with Crippen LogP contribution in [0.15, 0.2) is 24.3 Å². The number of rotatable bonds is 5. The lowest BCUT2D eigenvalue weighted by atomic mass is 9.78. The highest BCUT2D eigenvalue weighted by atomic mass is 35.5. The van der Waals surface area contributed by atoms with Crippen molar-refractivity contribution in [2.75, 3.05) is 18.9 Å². The smallest absolute Gasteiger partial charge is 0.321 e. The molecule has 2 amide bonds. The first-order valence-electron chi connectivity index (χ1n) is 17.2. The van der Waals surface area contributed by atoms with E-state index in [1.807, 2.05) is 6.92 Å². The Morgan fingerprint density at radius 2 is 1.69 bits per heavy atom. The van der Waals surface area contributed by atoms with E-state index in [1.54, 1.807) is 65.9 Å². The number of ether oxygens (including phenoxy) is 3. The van der Waals surface area contributed by atoms with Gasteiger partial charge in [-0.15, -0.1) is 0 Å². The number of hydrogen-bond acceptors (Lipinski definition) is 11. The van der Waals surface area contributed by atoms with Crippen molar-refractivity contribution in [3.63, 3.8) is 0 Å². The predicted molar refractivity (Wildman–Crippen MR) is 185 cm³/mol. The van der Waals surface area contributed by atoms with E-state index in [9.17, 15) is 35.1 Å². The molecular weight excluding hydrogens is 658 g/mol. The van der Waals surface area contributed by atoms with Crippen LogP contribution in [0.3, 0.4) is 0 Å². The van der Waals surface area contributed by atoms with Gasteiger partial charge in [-0.2, -0.15) is 0 Å². The molecule has 2 aliphatic rings. The van der Waals surface area contributed by atoms with Gasteiger partial charge in [0.1, 0.15) is 23.9 Å². The summed E-state index contributed by atoms with van der Waals surface area (Å²) in [6, 6.07) is 4.80. The lowest BCUT2D eigenvalue weighted by molar-refractivity contribution is -0.298. The van der Waals surface area contributed by atoms with Crippen LogP contribution in [-0.2, 0) is 19.0 Å². The van der Waals surface area contributed by atoms with E-state index in [-0.39, 0.29) is 18.8 Å². The Balaban J connectivity index is 1.92. The number of cyclic esters (lactones) is 1. The molecule has 0 bridgehead atoms. The fourth-order valence-corrected chi connectivity index (χ4v) is 7.25. The summed E-state index contributed by atoms with van der Waals surface area (Å²) in [5, 5.41) is 64.1. The predicted octanol–water partition coefficient (Wildman–Crippen LogP) is 2.89. The molecule has 280 valence electrons. The van der Waals surface area contributed by atoms with E-state index < -0.39 is 90.0 Å². The molecule has 2 heterocycles. The topological polar surface area (TPSA) is 190 Å². The molecule has 0 aliphatic carbocycles. The molecule has 13 nitrogen and oxygen atoms in total. The van der Waals surface area contributed by atoms with Crippen molar-refractivity contribution < 1.29 is 49.3 Å². The van der Waals surface area contributed by atoms with Crippen molar-refractivity contribution in [3.8, 4) is 0 Å². The molecule has 3 rings (SSSR count). The SMILES string of the molecule is CC[C@H]1OC(=O)[C@H](C)[C@@H](O)[C@H](C)[C@@H](O[C@@H]2O[C@H](C)C[C@H](N(C)C(=O)Nc3ccc(Cl)cc3)[C@H]2O)[C@](C)(O)C[C@@H](C)CN[C@H](C)[C@@H](O)[C@]1(C)O. The third-order valence-electron chi connectivity index (χ3n) is 10.2. The normalized spacial score (nSPS) is 41.6. The third-order valence-corrected chi connectivity index (χ3v) is 10.5. The number of anilines is 1. The third kappa shape index (κ3) is 10.0. The Kier molecular flexibility index (Phi) is 14.3. The minimum atomic E-state index is -1.80. The number of aliphatic hydroxyl groups is 5. The van der Waals surface area contributed by atoms with Gasteiger partial charge in [0.2, 0.25) is 0 Å². The summed E-state index contributed by atoms with van der Waals surface area (Å²) in [6.45, 7) is 13.6. The average molecular weight is 716 g/mol. The van der Waals surface area contributed by atoms with Crippen molar-refractivity contribution in [1.82, 2.24) is 10.2 Å². The number of benzene rings is 1. The maximum atomic E-state index is 13.4. The van der Waals surface area contributed by atoms with E-state index in [0.29, 0.717) is 23.7 Å². The summed E-state index contributed by atoms with van der Waals surface area (Å²) in [7, 11) is 1.56. The molecule has 49 heavy (non-hydrogen) atoms. The van der Waals surface area contributed by atoms with Crippen molar-refractivity contribution >= 4 is 29.3 Å². The molecule has 0 spiro atoms. The molecule has 0 aromatic heterocycles. The quantitative estimate of drug-likeness (QED) is 0.222. The van der Waals surface area contributed by atoms with Gasteiger partial charge in [-0.05, 0) is 90.6 Å². The maximum absolute atomic E-state index is 13.4. The molecule has 0 radical (unpaired) electrons. The van der Waals surface area contributed by atoms with Gasteiger partial charge >= 0.3 is 12.0 Å². The molecule has 14 heteroatoms. The number of amides is 2. The first kappa shape index (κ1) is 41.4. The van der Waals surface area contributed by atoms with Crippen molar-refractivity contribution in [1.29, 1.82) is 0 Å². The number of carbonyl (C=O) groups is 2. The lowest BCUT2D eigenvalue weighted by Crippen LogP contribution is -2.60. The molecule has 7 N–H and O–H groups in total. The zero-order chi connectivity index (χ0) is 37.0. The van der Waals surface area contributed by atoms with Crippen molar-refractivity contribution in [2.24, 2.45) is 17.8 Å². The number of nitrogens with zero attached hydrogens (tertiary/aromatic N) is 1. The van der Waals surface area contributed by atoms with E-state index in [4.69, 9.17) is 25.8 Å². The molecular formula is C35H58ClN3O10. The Hall–Kier alpha value is -2.07. The summed E-state index contributed by atoms with van der Waals surface area (Å²) in [4.78, 5) is 28.0. The van der Waals surface area contributed by atoms with Crippen LogP contribution in [0.25, 0.3) is 0 Å². The number of esters is 1. The monoisotopic (exact) mass is 715 g/mol. The minimum Gasteiger partial charge on any atom is -0.459 e. The first-order chi connectivity index (χ1) is 22.7. The van der Waals surface area contributed by atoms with Gasteiger partial charge in [0.05, 0.1) is 35.9 Å². The minimum absolute atomic E-state index is 0.155. The highest BCUT2D eigenvalue weighted by Crippen LogP contribution is 2.36. The van der Waals surface area contributed by atoms with E-state index >= 15 is 0 Å². The summed E-state index contributed by atoms with van der Waals surface area (Å²) in [5.41, 5.74) is -2.90. The number of likely N-dealkylation sites (N-methyl/N-ethyl adjacent to an activating group) is 1. The van der Waals surface area contributed by atoms with Gasteiger partial charge in [-0.1, -0.05) is 32.4 Å². The number of halogens is 1. The van der Waals surface area contributed by atoms with Crippen LogP contribution in [0.5, 0.6) is 0 Å². The van der Waals surface area contributed by atoms with Crippen LogP contribution < -0.4 is 10.6 Å². The molecule has 0 unspecified atom stereocenters. The highest BCUT2D eigenvalue weighted by Gasteiger charge is 2.49. The first-order valence-corrected chi connectivity index (χ1v) is 17.6. The zero-order valence-corrected chi connectivity index (χ0v) is 30.9. The molecule has 1 aromatic rings. The van der Waals surface area contributed by atoms with E-state index in [0.717, 1.165) is 0 Å². The number of aliphatic hydroxyl groups excluding tert-OH is 3. The van der Waals surface area contributed by atoms with Crippen LogP contribution in [0.4, 0.5) is 10.5 Å². The lowest BCUT2D eigenvalue weighted by Gasteiger charge is -2.47. The van der Waals surface area contributed by atoms with Crippen LogP contribution in [0, 0.1) is 17.8 Å². The highest BCUT2D eigenvalue weighted by molar-refractivity contribution is 6.30. The van der Waals surface area contributed by atoms with E-state index in [1.165, 1.54) is 18.7 Å². The van der Waals surface area contributed by atoms with Crippen molar-refractivity contribution in [2.45, 2.75) is 141 Å².